The van der Waals surface area contributed by atoms with Crippen LogP contribution in [0.5, 0.6) is 0 Å². The van der Waals surface area contributed by atoms with Crippen molar-refractivity contribution in [2.45, 2.75) is 62.5 Å². The minimum absolute atomic E-state index is 0.106. The molecule has 2 aliphatic rings. The summed E-state index contributed by atoms with van der Waals surface area (Å²) in [6.45, 7) is -0.0137. The first-order valence-electron chi connectivity index (χ1n) is 13.2. The summed E-state index contributed by atoms with van der Waals surface area (Å²) in [5.74, 6) is 4.72. The molecule has 0 aliphatic carbocycles. The Morgan fingerprint density at radius 3 is 2.02 bits per heavy atom. The standard InChI is InChI=1S/C30H29F6N3O2/c31-29(32,33)22-13-20(14-23(15-22)30(34,35)36)18-41-26-12-11-25-24(27(40)38-37)16-28(26,21-9-5-2-6-10-21)39(25)17-19-7-3-1-4-8-19/h1-10,13-15,24-26H,11-12,16-18,37H2,(H,38,40)/t24-,25+,26-,28-/m1/s1. The van der Waals surface area contributed by atoms with Gasteiger partial charge in [0.05, 0.1) is 35.3 Å². The van der Waals surface area contributed by atoms with Gasteiger partial charge in [-0.05, 0) is 54.2 Å². The fourth-order valence-electron chi connectivity index (χ4n) is 6.47. The molecule has 2 fully saturated rings. The number of carbonyl (C=O) groups excluding carboxylic acids is 1. The summed E-state index contributed by atoms with van der Waals surface area (Å²) in [5.41, 5.74) is 0.200. The highest BCUT2D eigenvalue weighted by atomic mass is 19.4. The van der Waals surface area contributed by atoms with Crippen molar-refractivity contribution in [3.63, 3.8) is 0 Å². The second-order valence-electron chi connectivity index (χ2n) is 10.6. The van der Waals surface area contributed by atoms with Crippen LogP contribution < -0.4 is 11.3 Å². The Kier molecular flexibility index (Phi) is 7.88. The maximum absolute atomic E-state index is 13.5. The largest absolute Gasteiger partial charge is 0.416 e. The van der Waals surface area contributed by atoms with Crippen molar-refractivity contribution in [2.24, 2.45) is 11.8 Å². The van der Waals surface area contributed by atoms with Crippen LogP contribution in [-0.2, 0) is 40.6 Å². The maximum atomic E-state index is 13.5. The molecular formula is C30H29F6N3O2. The van der Waals surface area contributed by atoms with Crippen molar-refractivity contribution in [1.29, 1.82) is 0 Å². The van der Waals surface area contributed by atoms with Gasteiger partial charge in [0, 0.05) is 12.6 Å². The molecule has 0 unspecified atom stereocenters. The van der Waals surface area contributed by atoms with E-state index in [2.05, 4.69) is 10.3 Å². The molecular weight excluding hydrogens is 548 g/mol. The molecule has 2 aliphatic heterocycles. The van der Waals surface area contributed by atoms with Crippen LogP contribution in [-0.4, -0.2) is 23.0 Å². The average Bonchev–Trinajstić information content (AvgIpc) is 3.16. The molecule has 0 aromatic heterocycles. The van der Waals surface area contributed by atoms with Crippen molar-refractivity contribution < 1.29 is 35.9 Å². The lowest BCUT2D eigenvalue weighted by molar-refractivity contribution is -0.143. The summed E-state index contributed by atoms with van der Waals surface area (Å²) >= 11 is 0. The van der Waals surface area contributed by atoms with Crippen LogP contribution in [0.1, 0.15) is 47.1 Å². The van der Waals surface area contributed by atoms with Gasteiger partial charge in [-0.25, -0.2) is 5.84 Å². The highest BCUT2D eigenvalue weighted by Gasteiger charge is 2.61. The number of hydrogen-bond acceptors (Lipinski definition) is 4. The van der Waals surface area contributed by atoms with Gasteiger partial charge in [-0.15, -0.1) is 0 Å². The predicted molar refractivity (Wildman–Crippen MR) is 139 cm³/mol. The summed E-state index contributed by atoms with van der Waals surface area (Å²) in [6.07, 6.45) is -9.26. The normalized spacial score (nSPS) is 24.8. The van der Waals surface area contributed by atoms with Gasteiger partial charge in [0.2, 0.25) is 5.91 Å². The number of piperidine rings is 1. The lowest BCUT2D eigenvalue weighted by atomic mass is 9.78. The third-order valence-electron chi connectivity index (χ3n) is 8.21. The summed E-state index contributed by atoms with van der Waals surface area (Å²) in [7, 11) is 0. The summed E-state index contributed by atoms with van der Waals surface area (Å²) in [4.78, 5) is 15.2. The number of nitrogens with zero attached hydrogens (tertiary/aromatic N) is 1. The Balaban J connectivity index is 1.55. The van der Waals surface area contributed by atoms with Crippen LogP contribution in [0.2, 0.25) is 0 Å². The zero-order valence-corrected chi connectivity index (χ0v) is 21.9. The third-order valence-corrected chi connectivity index (χ3v) is 8.21. The molecule has 41 heavy (non-hydrogen) atoms. The fourth-order valence-corrected chi connectivity index (χ4v) is 6.47. The zero-order chi connectivity index (χ0) is 29.4. The van der Waals surface area contributed by atoms with Gasteiger partial charge in [0.25, 0.3) is 0 Å². The number of amides is 1. The summed E-state index contributed by atoms with van der Waals surface area (Å²) in [5, 5.41) is 0. The minimum Gasteiger partial charge on any atom is -0.371 e. The smallest absolute Gasteiger partial charge is 0.371 e. The van der Waals surface area contributed by atoms with E-state index in [0.717, 1.165) is 11.1 Å². The number of nitrogens with two attached hydrogens (primary N) is 1. The molecule has 218 valence electrons. The predicted octanol–water partition coefficient (Wildman–Crippen LogP) is 6.18. The van der Waals surface area contributed by atoms with Crippen molar-refractivity contribution in [1.82, 2.24) is 10.3 Å². The van der Waals surface area contributed by atoms with E-state index in [1.54, 1.807) is 0 Å². The van der Waals surface area contributed by atoms with E-state index in [-0.39, 0.29) is 23.6 Å². The van der Waals surface area contributed by atoms with Crippen molar-refractivity contribution in [2.75, 3.05) is 0 Å². The first kappa shape index (κ1) is 29.1. The van der Waals surface area contributed by atoms with Gasteiger partial charge in [-0.3, -0.25) is 15.1 Å². The number of hydrogen-bond donors (Lipinski definition) is 2. The Hall–Kier alpha value is -3.41. The second kappa shape index (κ2) is 11.1. The highest BCUT2D eigenvalue weighted by molar-refractivity contribution is 5.79. The Labute approximate surface area is 233 Å². The summed E-state index contributed by atoms with van der Waals surface area (Å²) in [6, 6.07) is 20.3. The highest BCUT2D eigenvalue weighted by Crippen LogP contribution is 2.55. The fraction of sp³-hybridized carbons (Fsp3) is 0.367. The van der Waals surface area contributed by atoms with Crippen molar-refractivity contribution >= 4 is 5.91 Å². The van der Waals surface area contributed by atoms with Crippen LogP contribution in [0.15, 0.2) is 78.9 Å². The quantitative estimate of drug-likeness (QED) is 0.152. The van der Waals surface area contributed by atoms with Crippen LogP contribution in [0.4, 0.5) is 26.3 Å². The molecule has 3 N–H and O–H groups in total. The SMILES string of the molecule is NNC(=O)[C@@H]1C[C@@]2(c3ccccc3)[C@H](OCc3cc(C(F)(F)F)cc(C(F)(F)F)c3)CC[C@@H]1N2Cc1ccccc1. The maximum Gasteiger partial charge on any atom is 0.416 e. The van der Waals surface area contributed by atoms with Gasteiger partial charge < -0.3 is 4.74 Å². The Morgan fingerprint density at radius 1 is 0.878 bits per heavy atom. The lowest BCUT2D eigenvalue weighted by Crippen LogP contribution is -2.56. The minimum atomic E-state index is -4.96. The van der Waals surface area contributed by atoms with E-state index < -0.39 is 47.6 Å². The van der Waals surface area contributed by atoms with E-state index in [4.69, 9.17) is 10.6 Å². The number of hydrazine groups is 1. The lowest BCUT2D eigenvalue weighted by Gasteiger charge is -2.50. The van der Waals surface area contributed by atoms with Crippen molar-refractivity contribution in [3.05, 3.63) is 107 Å². The molecule has 0 radical (unpaired) electrons. The number of fused-ring (bicyclic) bond motifs is 2. The first-order valence-corrected chi connectivity index (χ1v) is 13.2. The van der Waals surface area contributed by atoms with Crippen molar-refractivity contribution in [3.8, 4) is 0 Å². The summed E-state index contributed by atoms with van der Waals surface area (Å²) < 4.78 is 87.2. The van der Waals surface area contributed by atoms with Gasteiger partial charge in [0.1, 0.15) is 0 Å². The number of carbonyl (C=O) groups is 1. The molecule has 2 heterocycles. The monoisotopic (exact) mass is 577 g/mol. The topological polar surface area (TPSA) is 67.6 Å². The molecule has 5 nitrogen and oxygen atoms in total. The molecule has 2 bridgehead atoms. The number of halogens is 6. The first-order chi connectivity index (χ1) is 19.4. The van der Waals surface area contributed by atoms with Crippen LogP contribution in [0.25, 0.3) is 0 Å². The van der Waals surface area contributed by atoms with E-state index in [0.29, 0.717) is 37.9 Å². The molecule has 1 amide bonds. The zero-order valence-electron chi connectivity index (χ0n) is 21.9. The molecule has 4 atom stereocenters. The van der Waals surface area contributed by atoms with Crippen LogP contribution in [0, 0.1) is 5.92 Å². The van der Waals surface area contributed by atoms with Crippen LogP contribution >= 0.6 is 0 Å². The van der Waals surface area contributed by atoms with E-state index in [1.165, 1.54) is 0 Å². The van der Waals surface area contributed by atoms with Gasteiger partial charge in [0.15, 0.2) is 0 Å². The second-order valence-corrected chi connectivity index (χ2v) is 10.6. The number of rotatable bonds is 7. The van der Waals surface area contributed by atoms with E-state index in [9.17, 15) is 31.1 Å². The van der Waals surface area contributed by atoms with Gasteiger partial charge in [-0.2, -0.15) is 26.3 Å². The number of benzene rings is 3. The molecule has 3 aromatic rings. The van der Waals surface area contributed by atoms with Gasteiger partial charge >= 0.3 is 12.4 Å². The number of nitrogens with one attached hydrogen (secondary N) is 1. The number of alkyl halides is 6. The average molecular weight is 578 g/mol. The van der Waals surface area contributed by atoms with Crippen LogP contribution in [0.3, 0.4) is 0 Å². The van der Waals surface area contributed by atoms with Gasteiger partial charge in [-0.1, -0.05) is 60.7 Å². The molecule has 0 spiro atoms. The number of ether oxygens (including phenoxy) is 1. The Bertz CT molecular complexity index is 1330. The third kappa shape index (κ3) is 5.71. The molecule has 5 rings (SSSR count). The molecule has 0 saturated carbocycles. The van der Waals surface area contributed by atoms with E-state index >= 15 is 0 Å². The Morgan fingerprint density at radius 2 is 1.46 bits per heavy atom. The molecule has 2 saturated heterocycles. The molecule has 11 heteroatoms. The molecule has 3 aromatic carbocycles. The van der Waals surface area contributed by atoms with E-state index in [1.807, 2.05) is 60.7 Å².